The predicted molar refractivity (Wildman–Crippen MR) is 94.7 cm³/mol. The Morgan fingerprint density at radius 3 is 2.38 bits per heavy atom. The number of carbonyl (C=O) groups excluding carboxylic acids is 1. The number of methoxy groups -OCH3 is 2. The topological polar surface area (TPSA) is 70.8 Å². The first-order valence-electron chi connectivity index (χ1n) is 7.30. The zero-order valence-corrected chi connectivity index (χ0v) is 14.5. The summed E-state index contributed by atoms with van der Waals surface area (Å²) in [7, 11) is 2.97. The van der Waals surface area contributed by atoms with Gasteiger partial charge in [0.25, 0.3) is 0 Å². The van der Waals surface area contributed by atoms with Gasteiger partial charge in [0.1, 0.15) is 24.1 Å². The summed E-state index contributed by atoms with van der Waals surface area (Å²) in [5.74, 6) is 1.14. The molecule has 1 atom stereocenters. The van der Waals surface area contributed by atoms with E-state index in [4.69, 9.17) is 15.2 Å². The number of ether oxygens (including phenoxy) is 3. The van der Waals surface area contributed by atoms with E-state index in [-0.39, 0.29) is 12.4 Å². The summed E-state index contributed by atoms with van der Waals surface area (Å²) in [6.07, 6.45) is 0.433. The van der Waals surface area contributed by atoms with Crippen molar-refractivity contribution in [3.63, 3.8) is 0 Å². The fourth-order valence-corrected chi connectivity index (χ4v) is 2.14. The number of benzene rings is 2. The zero-order valence-electron chi connectivity index (χ0n) is 13.7. The quantitative estimate of drug-likeness (QED) is 0.777. The minimum Gasteiger partial charge on any atom is -0.497 e. The summed E-state index contributed by atoms with van der Waals surface area (Å²) in [5, 5.41) is 0. The first-order valence-corrected chi connectivity index (χ1v) is 7.30. The minimum absolute atomic E-state index is 0. The van der Waals surface area contributed by atoms with Crippen LogP contribution < -0.4 is 15.2 Å². The molecule has 0 heterocycles. The van der Waals surface area contributed by atoms with Gasteiger partial charge in [-0.1, -0.05) is 24.3 Å². The van der Waals surface area contributed by atoms with Gasteiger partial charge in [-0.3, -0.25) is 4.79 Å². The lowest BCUT2D eigenvalue weighted by Gasteiger charge is -2.11. The number of esters is 1. The highest BCUT2D eigenvalue weighted by Gasteiger charge is 2.14. The summed E-state index contributed by atoms with van der Waals surface area (Å²) in [5.41, 5.74) is 7.73. The lowest BCUT2D eigenvalue weighted by molar-refractivity contribution is -0.142. The third kappa shape index (κ3) is 5.76. The Labute approximate surface area is 148 Å². The average molecular weight is 352 g/mol. The highest BCUT2D eigenvalue weighted by molar-refractivity contribution is 5.85. The van der Waals surface area contributed by atoms with Gasteiger partial charge < -0.3 is 19.9 Å². The van der Waals surface area contributed by atoms with E-state index in [0.717, 1.165) is 22.6 Å². The zero-order chi connectivity index (χ0) is 16.7. The van der Waals surface area contributed by atoms with Crippen molar-refractivity contribution in [2.24, 2.45) is 5.73 Å². The molecule has 0 fully saturated rings. The molecule has 0 saturated heterocycles. The van der Waals surface area contributed by atoms with E-state index in [0.29, 0.717) is 13.0 Å². The largest absolute Gasteiger partial charge is 0.497 e. The molecule has 0 amide bonds. The van der Waals surface area contributed by atoms with E-state index >= 15 is 0 Å². The van der Waals surface area contributed by atoms with Gasteiger partial charge in [-0.15, -0.1) is 12.4 Å². The molecule has 24 heavy (non-hydrogen) atoms. The van der Waals surface area contributed by atoms with Crippen molar-refractivity contribution in [2.75, 3.05) is 14.2 Å². The van der Waals surface area contributed by atoms with Gasteiger partial charge in [0.05, 0.1) is 14.2 Å². The molecule has 130 valence electrons. The molecule has 0 aliphatic rings. The highest BCUT2D eigenvalue weighted by atomic mass is 35.5. The summed E-state index contributed by atoms with van der Waals surface area (Å²) < 4.78 is 15.5. The molecule has 2 aromatic rings. The van der Waals surface area contributed by atoms with Crippen LogP contribution in [-0.2, 0) is 22.6 Å². The summed E-state index contributed by atoms with van der Waals surface area (Å²) in [6.45, 7) is 0.457. The van der Waals surface area contributed by atoms with Crippen molar-refractivity contribution < 1.29 is 19.0 Å². The molecule has 0 radical (unpaired) electrons. The minimum atomic E-state index is -0.649. The third-order valence-electron chi connectivity index (χ3n) is 3.42. The molecular formula is C18H22ClNO4. The fourth-order valence-electron chi connectivity index (χ4n) is 2.14. The number of hydrogen-bond donors (Lipinski definition) is 1. The van der Waals surface area contributed by atoms with Gasteiger partial charge in [-0.25, -0.2) is 0 Å². The van der Waals surface area contributed by atoms with E-state index in [1.807, 2.05) is 48.5 Å². The molecule has 5 nitrogen and oxygen atoms in total. The van der Waals surface area contributed by atoms with Crippen molar-refractivity contribution in [1.82, 2.24) is 0 Å². The second-order valence-corrected chi connectivity index (χ2v) is 5.12. The normalized spacial score (nSPS) is 11.1. The van der Waals surface area contributed by atoms with Crippen molar-refractivity contribution in [1.29, 1.82) is 0 Å². The lowest BCUT2D eigenvalue weighted by Crippen LogP contribution is -2.33. The molecule has 0 aliphatic carbocycles. The third-order valence-corrected chi connectivity index (χ3v) is 3.42. The molecular weight excluding hydrogens is 330 g/mol. The van der Waals surface area contributed by atoms with Gasteiger partial charge >= 0.3 is 5.97 Å². The molecule has 0 bridgehead atoms. The Kier molecular flexibility index (Phi) is 8.09. The van der Waals surface area contributed by atoms with Crippen LogP contribution in [0.1, 0.15) is 11.1 Å². The number of hydrogen-bond acceptors (Lipinski definition) is 5. The Hall–Kier alpha value is -2.24. The molecule has 0 spiro atoms. The average Bonchev–Trinajstić information content (AvgIpc) is 2.60. The Morgan fingerprint density at radius 1 is 1.04 bits per heavy atom. The first-order chi connectivity index (χ1) is 11.1. The second-order valence-electron chi connectivity index (χ2n) is 5.12. The molecule has 6 heteroatoms. The number of rotatable bonds is 7. The van der Waals surface area contributed by atoms with Crippen LogP contribution in [0.4, 0.5) is 0 Å². The summed E-state index contributed by atoms with van der Waals surface area (Å²) in [6, 6.07) is 14.6. The van der Waals surface area contributed by atoms with Gasteiger partial charge in [-0.2, -0.15) is 0 Å². The van der Waals surface area contributed by atoms with Crippen LogP contribution in [0.25, 0.3) is 0 Å². The number of carbonyl (C=O) groups is 1. The van der Waals surface area contributed by atoms with Crippen LogP contribution in [0.5, 0.6) is 11.5 Å². The van der Waals surface area contributed by atoms with Crippen molar-refractivity contribution >= 4 is 18.4 Å². The van der Waals surface area contributed by atoms with Crippen molar-refractivity contribution in [2.45, 2.75) is 19.1 Å². The van der Waals surface area contributed by atoms with Crippen molar-refractivity contribution in [3.8, 4) is 11.5 Å². The fraction of sp³-hybridized carbons (Fsp3) is 0.278. The maximum atomic E-state index is 11.3. The molecule has 0 aliphatic heterocycles. The van der Waals surface area contributed by atoms with Crippen LogP contribution in [0.2, 0.25) is 0 Å². The molecule has 0 saturated carbocycles. The molecule has 2 N–H and O–H groups in total. The lowest BCUT2D eigenvalue weighted by atomic mass is 10.1. The summed E-state index contributed by atoms with van der Waals surface area (Å²) in [4.78, 5) is 11.3. The first kappa shape index (κ1) is 19.8. The van der Waals surface area contributed by atoms with Crippen LogP contribution in [0.3, 0.4) is 0 Å². The van der Waals surface area contributed by atoms with Crippen LogP contribution in [-0.4, -0.2) is 26.2 Å². The standard InChI is InChI=1S/C18H21NO4.ClH/c1-21-16-5-3-4-14(10-16)12-23-15-8-6-13(7-9-15)11-17(19)18(20)22-2;/h3-10,17H,11-12,19H2,1-2H3;1H/t17-;/m0./s1. The Bertz CT molecular complexity index is 646. The SMILES string of the molecule is COC(=O)[C@@H](N)Cc1ccc(OCc2cccc(OC)c2)cc1.Cl. The smallest absolute Gasteiger partial charge is 0.322 e. The Balaban J connectivity index is 0.00000288. The van der Waals surface area contributed by atoms with E-state index in [9.17, 15) is 4.79 Å². The molecule has 0 unspecified atom stereocenters. The monoisotopic (exact) mass is 351 g/mol. The van der Waals surface area contributed by atoms with Crippen LogP contribution in [0, 0.1) is 0 Å². The maximum absolute atomic E-state index is 11.3. The van der Waals surface area contributed by atoms with E-state index in [1.165, 1.54) is 7.11 Å². The molecule has 0 aromatic heterocycles. The Morgan fingerprint density at radius 2 is 1.75 bits per heavy atom. The number of halogens is 1. The maximum Gasteiger partial charge on any atom is 0.322 e. The second kappa shape index (κ2) is 9.80. The van der Waals surface area contributed by atoms with E-state index in [1.54, 1.807) is 7.11 Å². The summed E-state index contributed by atoms with van der Waals surface area (Å²) >= 11 is 0. The predicted octanol–water partition coefficient (Wildman–Crippen LogP) is 2.74. The van der Waals surface area contributed by atoms with Crippen LogP contribution >= 0.6 is 12.4 Å². The molecule has 2 rings (SSSR count). The molecule has 2 aromatic carbocycles. The van der Waals surface area contributed by atoms with Gasteiger partial charge in [-0.05, 0) is 41.8 Å². The van der Waals surface area contributed by atoms with Gasteiger partial charge in [0, 0.05) is 0 Å². The number of nitrogens with two attached hydrogens (primary N) is 1. The van der Waals surface area contributed by atoms with E-state index < -0.39 is 12.0 Å². The van der Waals surface area contributed by atoms with Gasteiger partial charge in [0.2, 0.25) is 0 Å². The van der Waals surface area contributed by atoms with Gasteiger partial charge in [0.15, 0.2) is 0 Å². The van der Waals surface area contributed by atoms with Crippen molar-refractivity contribution in [3.05, 3.63) is 59.7 Å². The highest BCUT2D eigenvalue weighted by Crippen LogP contribution is 2.17. The van der Waals surface area contributed by atoms with Crippen LogP contribution in [0.15, 0.2) is 48.5 Å². The van der Waals surface area contributed by atoms with E-state index in [2.05, 4.69) is 4.74 Å².